The first-order valence-corrected chi connectivity index (χ1v) is 14.8. The number of quaternary nitrogens is 1. The number of anilines is 1. The average molecular weight is 554 g/mol. The predicted octanol–water partition coefficient (Wildman–Crippen LogP) is 7.04. The number of hydrogen-bond donors (Lipinski definition) is 0. The molecule has 9 heteroatoms. The SMILES string of the molecule is CCN(CCOC(C)CCOCC[N+](CC)(CC)CC)c1ccc(N=Nc2sc(C#N)c(C)c2C#N)c(C)c1. The highest BCUT2D eigenvalue weighted by Crippen LogP contribution is 2.36. The highest BCUT2D eigenvalue weighted by molar-refractivity contribution is 7.16. The zero-order chi connectivity index (χ0) is 28.8. The zero-order valence-corrected chi connectivity index (χ0v) is 25.6. The Morgan fingerprint density at radius 1 is 1.00 bits per heavy atom. The Morgan fingerprint density at radius 3 is 2.31 bits per heavy atom. The highest BCUT2D eigenvalue weighted by atomic mass is 32.1. The summed E-state index contributed by atoms with van der Waals surface area (Å²) in [6, 6.07) is 10.3. The van der Waals surface area contributed by atoms with Crippen molar-refractivity contribution in [3.8, 4) is 12.1 Å². The van der Waals surface area contributed by atoms with Crippen LogP contribution in [0, 0.1) is 36.5 Å². The number of thiophene rings is 1. The molecule has 0 radical (unpaired) electrons. The van der Waals surface area contributed by atoms with E-state index in [1.165, 1.54) is 11.3 Å². The van der Waals surface area contributed by atoms with Gasteiger partial charge in [-0.25, -0.2) is 0 Å². The molecule has 0 aliphatic heterocycles. The fraction of sp³-hybridized carbons (Fsp3) is 0.600. The number of benzene rings is 1. The molecule has 0 fully saturated rings. The molecule has 0 bridgehead atoms. The van der Waals surface area contributed by atoms with Crippen LogP contribution in [0.3, 0.4) is 0 Å². The Morgan fingerprint density at radius 2 is 1.72 bits per heavy atom. The van der Waals surface area contributed by atoms with Crippen molar-refractivity contribution in [2.45, 2.75) is 61.0 Å². The van der Waals surface area contributed by atoms with Crippen LogP contribution in [0.1, 0.15) is 62.6 Å². The number of aryl methyl sites for hydroxylation is 1. The molecule has 0 spiro atoms. The summed E-state index contributed by atoms with van der Waals surface area (Å²) in [5.74, 6) is 0. The summed E-state index contributed by atoms with van der Waals surface area (Å²) in [5.41, 5.74) is 3.91. The molecule has 8 nitrogen and oxygen atoms in total. The number of rotatable bonds is 17. The molecule has 2 aromatic rings. The molecule has 212 valence electrons. The second-order valence-corrected chi connectivity index (χ2v) is 10.8. The molecule has 1 aromatic heterocycles. The molecular weight excluding hydrogens is 508 g/mol. The number of hydrogen-bond acceptors (Lipinski definition) is 8. The van der Waals surface area contributed by atoms with Crippen LogP contribution in [0.15, 0.2) is 28.4 Å². The Balaban J connectivity index is 1.85. The predicted molar refractivity (Wildman–Crippen MR) is 159 cm³/mol. The van der Waals surface area contributed by atoms with Gasteiger partial charge in [0.05, 0.1) is 50.2 Å². The molecule has 2 rings (SSSR count). The van der Waals surface area contributed by atoms with Gasteiger partial charge in [-0.1, -0.05) is 0 Å². The third-order valence-electron chi connectivity index (χ3n) is 7.67. The second kappa shape index (κ2) is 16.3. The Bertz CT molecular complexity index is 1150. The fourth-order valence-corrected chi connectivity index (χ4v) is 5.40. The van der Waals surface area contributed by atoms with Gasteiger partial charge in [-0.3, -0.25) is 0 Å². The maximum atomic E-state index is 9.43. The van der Waals surface area contributed by atoms with E-state index in [2.05, 4.69) is 68.0 Å². The Hall–Kier alpha value is -2.82. The van der Waals surface area contributed by atoms with Crippen LogP contribution >= 0.6 is 11.3 Å². The third kappa shape index (κ3) is 9.12. The van der Waals surface area contributed by atoms with E-state index < -0.39 is 0 Å². The second-order valence-electron chi connectivity index (χ2n) is 9.81. The average Bonchev–Trinajstić information content (AvgIpc) is 3.26. The van der Waals surface area contributed by atoms with E-state index in [-0.39, 0.29) is 6.10 Å². The van der Waals surface area contributed by atoms with E-state index >= 15 is 0 Å². The molecule has 0 saturated heterocycles. The summed E-state index contributed by atoms with van der Waals surface area (Å²) in [6.07, 6.45) is 1.04. The van der Waals surface area contributed by atoms with Crippen LogP contribution < -0.4 is 4.90 Å². The summed E-state index contributed by atoms with van der Waals surface area (Å²) < 4.78 is 13.1. The molecule has 1 heterocycles. The lowest BCUT2D eigenvalue weighted by molar-refractivity contribution is -0.923. The number of likely N-dealkylation sites (N-methyl/N-ethyl adjacent to an activating group) is 2. The molecule has 1 atom stereocenters. The van der Waals surface area contributed by atoms with Crippen LogP contribution in [0.2, 0.25) is 0 Å². The van der Waals surface area contributed by atoms with E-state index in [0.717, 1.165) is 80.3 Å². The first kappa shape index (κ1) is 32.4. The van der Waals surface area contributed by atoms with Gasteiger partial charge >= 0.3 is 0 Å². The van der Waals surface area contributed by atoms with Crippen LogP contribution in [0.25, 0.3) is 0 Å². The van der Waals surface area contributed by atoms with E-state index in [9.17, 15) is 10.5 Å². The monoisotopic (exact) mass is 553 g/mol. The van der Waals surface area contributed by atoms with Crippen LogP contribution in [-0.4, -0.2) is 69.7 Å². The lowest BCUT2D eigenvalue weighted by atomic mass is 10.1. The van der Waals surface area contributed by atoms with E-state index in [1.54, 1.807) is 6.92 Å². The molecule has 39 heavy (non-hydrogen) atoms. The van der Waals surface area contributed by atoms with E-state index in [1.807, 2.05) is 19.1 Å². The molecule has 0 aliphatic rings. The minimum absolute atomic E-state index is 0.150. The van der Waals surface area contributed by atoms with Crippen molar-refractivity contribution in [2.24, 2.45) is 10.2 Å². The number of nitrogens with zero attached hydrogens (tertiary/aromatic N) is 6. The normalized spacial score (nSPS) is 12.4. The van der Waals surface area contributed by atoms with Crippen molar-refractivity contribution in [1.82, 2.24) is 0 Å². The largest absolute Gasteiger partial charge is 0.377 e. The van der Waals surface area contributed by atoms with E-state index in [4.69, 9.17) is 9.47 Å². The molecule has 0 saturated carbocycles. The standard InChI is InChI=1S/C30H45N6O2S/c1-8-35(15-18-38-24(6)14-17-37-19-16-36(9-2,10-3)11-4)26-12-13-28(23(5)20-26)33-34-30-27(21-31)25(7)29(22-32)39-30/h12-13,20,24H,8-11,14-19H2,1-7H3/q+1. The van der Waals surface area contributed by atoms with Gasteiger partial charge < -0.3 is 18.9 Å². The van der Waals surface area contributed by atoms with Gasteiger partial charge in [-0.2, -0.15) is 10.5 Å². The van der Waals surface area contributed by atoms with Crippen molar-refractivity contribution in [3.05, 3.63) is 39.8 Å². The maximum absolute atomic E-state index is 9.43. The third-order valence-corrected chi connectivity index (χ3v) is 8.75. The van der Waals surface area contributed by atoms with Crippen LogP contribution in [-0.2, 0) is 9.47 Å². The first-order chi connectivity index (χ1) is 18.8. The smallest absolute Gasteiger partial charge is 0.158 e. The molecular formula is C30H45N6O2S+. The first-order valence-electron chi connectivity index (χ1n) is 14.0. The van der Waals surface area contributed by atoms with Gasteiger partial charge in [-0.05, 0) is 84.2 Å². The van der Waals surface area contributed by atoms with Gasteiger partial charge in [0.2, 0.25) is 0 Å². The van der Waals surface area contributed by atoms with Crippen molar-refractivity contribution >= 4 is 27.7 Å². The van der Waals surface area contributed by atoms with E-state index in [0.29, 0.717) is 27.6 Å². The maximum Gasteiger partial charge on any atom is 0.158 e. The highest BCUT2D eigenvalue weighted by Gasteiger charge is 2.20. The number of nitriles is 2. The van der Waals surface area contributed by atoms with Gasteiger partial charge in [0.15, 0.2) is 5.00 Å². The van der Waals surface area contributed by atoms with Crippen molar-refractivity contribution in [3.63, 3.8) is 0 Å². The summed E-state index contributed by atoms with van der Waals surface area (Å²) >= 11 is 1.19. The number of ether oxygens (including phenoxy) is 2. The summed E-state index contributed by atoms with van der Waals surface area (Å²) in [7, 11) is 0. The Labute approximate surface area is 239 Å². The Kier molecular flexibility index (Phi) is 13.6. The summed E-state index contributed by atoms with van der Waals surface area (Å²) in [5, 5.41) is 27.8. The van der Waals surface area contributed by atoms with Crippen LogP contribution in [0.5, 0.6) is 0 Å². The van der Waals surface area contributed by atoms with Crippen molar-refractivity contribution in [1.29, 1.82) is 10.5 Å². The van der Waals surface area contributed by atoms with Gasteiger partial charge in [-0.15, -0.1) is 21.6 Å². The topological polar surface area (TPSA) is 94.0 Å². The minimum atomic E-state index is 0.150. The van der Waals surface area contributed by atoms with Gasteiger partial charge in [0, 0.05) is 25.4 Å². The molecule has 0 aliphatic carbocycles. The van der Waals surface area contributed by atoms with Crippen molar-refractivity contribution < 1.29 is 14.0 Å². The summed E-state index contributed by atoms with van der Waals surface area (Å²) in [4.78, 5) is 2.78. The van der Waals surface area contributed by atoms with Gasteiger partial charge in [0.25, 0.3) is 0 Å². The molecule has 1 unspecified atom stereocenters. The summed E-state index contributed by atoms with van der Waals surface area (Å²) in [6.45, 7) is 23.1. The fourth-order valence-electron chi connectivity index (χ4n) is 4.53. The quantitative estimate of drug-likeness (QED) is 0.119. The zero-order valence-electron chi connectivity index (χ0n) is 24.8. The number of azo groups is 1. The molecule has 0 amide bonds. The van der Waals surface area contributed by atoms with Crippen LogP contribution in [0.4, 0.5) is 16.4 Å². The molecule has 1 aromatic carbocycles. The lowest BCUT2D eigenvalue weighted by Gasteiger charge is -2.35. The van der Waals surface area contributed by atoms with Crippen molar-refractivity contribution in [2.75, 3.05) is 64.0 Å². The van der Waals surface area contributed by atoms with Gasteiger partial charge in [0.1, 0.15) is 23.6 Å². The molecule has 0 N–H and O–H groups in total. The lowest BCUT2D eigenvalue weighted by Crippen LogP contribution is -2.49. The minimum Gasteiger partial charge on any atom is -0.377 e.